The molecule has 0 amide bonds. The molecule has 1 aliphatic rings. The Morgan fingerprint density at radius 1 is 1.56 bits per heavy atom. The van der Waals surface area contributed by atoms with E-state index in [0.29, 0.717) is 12.8 Å². The van der Waals surface area contributed by atoms with Crippen LogP contribution >= 0.6 is 0 Å². The Hall–Kier alpha value is -0.850. The standard InChI is InChI=1S/C9H13F4NO2/c1-16-7(15)6-3-2-4-14(6)5-9(12,13)8(10)11/h6,8H,2-5H2,1H3/t6-/m0/s1. The summed E-state index contributed by atoms with van der Waals surface area (Å²) >= 11 is 0. The predicted octanol–water partition coefficient (Wildman–Crippen LogP) is 1.52. The number of alkyl halides is 4. The number of esters is 1. The highest BCUT2D eigenvalue weighted by molar-refractivity contribution is 5.75. The van der Waals surface area contributed by atoms with Gasteiger partial charge in [-0.25, -0.2) is 8.78 Å². The first kappa shape index (κ1) is 13.2. The number of hydrogen-bond acceptors (Lipinski definition) is 3. The van der Waals surface area contributed by atoms with Gasteiger partial charge in [-0.1, -0.05) is 0 Å². The summed E-state index contributed by atoms with van der Waals surface area (Å²) in [5, 5.41) is 0. The zero-order chi connectivity index (χ0) is 12.3. The maximum atomic E-state index is 12.8. The Bertz CT molecular complexity index is 260. The highest BCUT2D eigenvalue weighted by atomic mass is 19.3. The Morgan fingerprint density at radius 2 is 2.19 bits per heavy atom. The lowest BCUT2D eigenvalue weighted by Crippen LogP contribution is -2.46. The maximum Gasteiger partial charge on any atom is 0.323 e. The molecule has 0 aliphatic carbocycles. The quantitative estimate of drug-likeness (QED) is 0.554. The number of rotatable bonds is 4. The smallest absolute Gasteiger partial charge is 0.323 e. The van der Waals surface area contributed by atoms with Crippen molar-refractivity contribution in [2.45, 2.75) is 31.2 Å². The van der Waals surface area contributed by atoms with Crippen LogP contribution in [-0.2, 0) is 9.53 Å². The third-order valence-electron chi connectivity index (χ3n) is 2.57. The molecule has 94 valence electrons. The molecule has 0 N–H and O–H groups in total. The molecule has 0 bridgehead atoms. The van der Waals surface area contributed by atoms with E-state index < -0.39 is 30.9 Å². The largest absolute Gasteiger partial charge is 0.468 e. The molecule has 1 fully saturated rings. The third kappa shape index (κ3) is 2.84. The lowest BCUT2D eigenvalue weighted by molar-refractivity contribution is -0.157. The average Bonchev–Trinajstić information content (AvgIpc) is 2.63. The second-order valence-corrected chi connectivity index (χ2v) is 3.71. The summed E-state index contributed by atoms with van der Waals surface area (Å²) in [7, 11) is 1.14. The van der Waals surface area contributed by atoms with Crippen LogP contribution in [0.4, 0.5) is 17.6 Å². The van der Waals surface area contributed by atoms with Gasteiger partial charge in [-0.05, 0) is 19.4 Å². The van der Waals surface area contributed by atoms with E-state index in [1.54, 1.807) is 0 Å². The van der Waals surface area contributed by atoms with Crippen molar-refractivity contribution in [3.05, 3.63) is 0 Å². The van der Waals surface area contributed by atoms with Gasteiger partial charge in [0, 0.05) is 0 Å². The SMILES string of the molecule is COC(=O)[C@@H]1CCCN1CC(F)(F)C(F)F. The monoisotopic (exact) mass is 243 g/mol. The summed E-state index contributed by atoms with van der Waals surface area (Å²) in [6.45, 7) is -0.896. The highest BCUT2D eigenvalue weighted by Crippen LogP contribution is 2.28. The Kier molecular flexibility index (Phi) is 4.12. The van der Waals surface area contributed by atoms with Gasteiger partial charge in [0.05, 0.1) is 13.7 Å². The number of carbonyl (C=O) groups excluding carboxylic acids is 1. The van der Waals surface area contributed by atoms with Crippen LogP contribution in [0, 0.1) is 0 Å². The van der Waals surface area contributed by atoms with Gasteiger partial charge in [0.25, 0.3) is 0 Å². The van der Waals surface area contributed by atoms with Crippen molar-refractivity contribution in [3.63, 3.8) is 0 Å². The van der Waals surface area contributed by atoms with Gasteiger partial charge in [-0.2, -0.15) is 8.78 Å². The summed E-state index contributed by atoms with van der Waals surface area (Å²) in [6.07, 6.45) is -2.82. The minimum atomic E-state index is -4.09. The molecule has 1 atom stereocenters. The number of ether oxygens (including phenoxy) is 1. The molecule has 7 heteroatoms. The zero-order valence-electron chi connectivity index (χ0n) is 8.76. The Balaban J connectivity index is 2.63. The molecule has 0 radical (unpaired) electrons. The van der Waals surface area contributed by atoms with Crippen LogP contribution in [0.15, 0.2) is 0 Å². The molecule has 0 aromatic rings. The van der Waals surface area contributed by atoms with Crippen molar-refractivity contribution in [2.24, 2.45) is 0 Å². The van der Waals surface area contributed by atoms with Crippen LogP contribution in [0.1, 0.15) is 12.8 Å². The van der Waals surface area contributed by atoms with Gasteiger partial charge in [0.1, 0.15) is 6.04 Å². The highest BCUT2D eigenvalue weighted by Gasteiger charge is 2.45. The minimum absolute atomic E-state index is 0.210. The fourth-order valence-electron chi connectivity index (χ4n) is 1.76. The van der Waals surface area contributed by atoms with Crippen LogP contribution in [0.5, 0.6) is 0 Å². The van der Waals surface area contributed by atoms with Crippen LogP contribution in [-0.4, -0.2) is 49.5 Å². The van der Waals surface area contributed by atoms with E-state index >= 15 is 0 Å². The van der Waals surface area contributed by atoms with E-state index in [9.17, 15) is 22.4 Å². The molecule has 0 spiro atoms. The third-order valence-corrected chi connectivity index (χ3v) is 2.57. The maximum absolute atomic E-state index is 12.8. The number of likely N-dealkylation sites (tertiary alicyclic amines) is 1. The Labute approximate surface area is 90.3 Å². The van der Waals surface area contributed by atoms with Gasteiger partial charge < -0.3 is 4.74 Å². The average molecular weight is 243 g/mol. The molecular formula is C9H13F4NO2. The molecular weight excluding hydrogens is 230 g/mol. The van der Waals surface area contributed by atoms with Gasteiger partial charge >= 0.3 is 18.3 Å². The van der Waals surface area contributed by atoms with Crippen molar-refractivity contribution >= 4 is 5.97 Å². The summed E-state index contributed by atoms with van der Waals surface area (Å²) in [6, 6.07) is -0.824. The number of methoxy groups -OCH3 is 1. The van der Waals surface area contributed by atoms with Gasteiger partial charge in [-0.3, -0.25) is 9.69 Å². The summed E-state index contributed by atoms with van der Waals surface area (Å²) < 4.78 is 54.0. The van der Waals surface area contributed by atoms with E-state index in [-0.39, 0.29) is 6.54 Å². The first-order chi connectivity index (χ1) is 7.38. The van der Waals surface area contributed by atoms with Crippen molar-refractivity contribution < 1.29 is 27.1 Å². The second-order valence-electron chi connectivity index (χ2n) is 3.71. The number of nitrogens with zero attached hydrogens (tertiary/aromatic N) is 1. The van der Waals surface area contributed by atoms with Crippen molar-refractivity contribution in [1.29, 1.82) is 0 Å². The molecule has 1 rings (SSSR count). The van der Waals surface area contributed by atoms with E-state index in [2.05, 4.69) is 4.74 Å². The van der Waals surface area contributed by atoms with Gasteiger partial charge in [0.2, 0.25) is 0 Å². The number of hydrogen-bond donors (Lipinski definition) is 0. The van der Waals surface area contributed by atoms with Gasteiger partial charge in [-0.15, -0.1) is 0 Å². The second kappa shape index (κ2) is 4.99. The van der Waals surface area contributed by atoms with Crippen molar-refractivity contribution in [1.82, 2.24) is 4.90 Å². The molecule has 16 heavy (non-hydrogen) atoms. The van der Waals surface area contributed by atoms with Crippen LogP contribution in [0.3, 0.4) is 0 Å². The molecule has 0 saturated carbocycles. The van der Waals surface area contributed by atoms with Crippen LogP contribution in [0.2, 0.25) is 0 Å². The molecule has 1 heterocycles. The molecule has 0 unspecified atom stereocenters. The van der Waals surface area contributed by atoms with E-state index in [4.69, 9.17) is 0 Å². The number of carbonyl (C=O) groups is 1. The normalized spacial score (nSPS) is 22.8. The molecule has 0 aromatic carbocycles. The molecule has 1 aliphatic heterocycles. The van der Waals surface area contributed by atoms with Gasteiger partial charge in [0.15, 0.2) is 0 Å². The first-order valence-corrected chi connectivity index (χ1v) is 4.86. The molecule has 0 aromatic heterocycles. The summed E-state index contributed by atoms with van der Waals surface area (Å²) in [4.78, 5) is 12.2. The minimum Gasteiger partial charge on any atom is -0.468 e. The fraction of sp³-hybridized carbons (Fsp3) is 0.889. The van der Waals surface area contributed by atoms with Crippen molar-refractivity contribution in [2.75, 3.05) is 20.2 Å². The topological polar surface area (TPSA) is 29.5 Å². The first-order valence-electron chi connectivity index (χ1n) is 4.86. The fourth-order valence-corrected chi connectivity index (χ4v) is 1.76. The van der Waals surface area contributed by atoms with Crippen LogP contribution < -0.4 is 0 Å². The molecule has 1 saturated heterocycles. The predicted molar refractivity (Wildman–Crippen MR) is 47.6 cm³/mol. The lowest BCUT2D eigenvalue weighted by Gasteiger charge is -2.26. The summed E-state index contributed by atoms with van der Waals surface area (Å²) in [5.41, 5.74) is 0. The van der Waals surface area contributed by atoms with E-state index in [0.717, 1.165) is 12.0 Å². The van der Waals surface area contributed by atoms with E-state index in [1.165, 1.54) is 0 Å². The number of halogens is 4. The Morgan fingerprint density at radius 3 is 2.69 bits per heavy atom. The van der Waals surface area contributed by atoms with Crippen LogP contribution in [0.25, 0.3) is 0 Å². The lowest BCUT2D eigenvalue weighted by atomic mass is 10.2. The summed E-state index contributed by atoms with van der Waals surface area (Å²) in [5.74, 6) is -4.74. The zero-order valence-corrected chi connectivity index (χ0v) is 8.76. The molecule has 3 nitrogen and oxygen atoms in total. The van der Waals surface area contributed by atoms with E-state index in [1.807, 2.05) is 0 Å². The van der Waals surface area contributed by atoms with Crippen molar-refractivity contribution in [3.8, 4) is 0 Å².